The number of fused-ring (bicyclic) bond motifs is 12. The quantitative estimate of drug-likeness (QED) is 0.354. The molecule has 1 atom stereocenters. The van der Waals surface area contributed by atoms with Gasteiger partial charge >= 0.3 is 0 Å². The van der Waals surface area contributed by atoms with Crippen LogP contribution in [0.15, 0.2) is 91.2 Å². The van der Waals surface area contributed by atoms with Crippen LogP contribution in [0.25, 0.3) is 17.0 Å². The van der Waals surface area contributed by atoms with Gasteiger partial charge < -0.3 is 20.1 Å². The molecule has 5 rings (SSSR count). The summed E-state index contributed by atoms with van der Waals surface area (Å²) in [5, 5.41) is 9.96. The number of aromatic nitrogens is 2. The number of nitrogens with zero attached hydrogens (tertiary/aromatic N) is 2. The molecule has 0 spiro atoms. The molecule has 3 aromatic rings. The number of carbonyl (C=O) groups is 3. The molecular formula is C33H36N4O5. The lowest BCUT2D eigenvalue weighted by molar-refractivity contribution is -0.139. The highest BCUT2D eigenvalue weighted by Crippen LogP contribution is 2.25. The Hall–Kier alpha value is -4.92. The van der Waals surface area contributed by atoms with Crippen molar-refractivity contribution in [2.24, 2.45) is 0 Å². The third-order valence-corrected chi connectivity index (χ3v) is 6.63. The van der Waals surface area contributed by atoms with Crippen LogP contribution in [0.2, 0.25) is 0 Å². The van der Waals surface area contributed by atoms with E-state index in [2.05, 4.69) is 22.3 Å². The van der Waals surface area contributed by atoms with Gasteiger partial charge in [0.05, 0.1) is 30.2 Å². The van der Waals surface area contributed by atoms with Crippen molar-refractivity contribution in [3.05, 3.63) is 96.7 Å². The highest BCUT2D eigenvalue weighted by Gasteiger charge is 2.29. The second-order valence-electron chi connectivity index (χ2n) is 9.73. The van der Waals surface area contributed by atoms with Gasteiger partial charge in [0.1, 0.15) is 17.5 Å². The fourth-order valence-corrected chi connectivity index (χ4v) is 4.39. The predicted molar refractivity (Wildman–Crippen MR) is 162 cm³/mol. The Morgan fingerprint density at radius 3 is 2.55 bits per heavy atom. The van der Waals surface area contributed by atoms with Gasteiger partial charge in [0.15, 0.2) is 0 Å². The first-order valence-electron chi connectivity index (χ1n) is 14.1. The zero-order valence-electron chi connectivity index (χ0n) is 24.0. The topological polar surface area (TPSA) is 112 Å². The molecule has 1 unspecified atom stereocenters. The third-order valence-electron chi connectivity index (χ3n) is 6.63. The fraction of sp³-hybridized carbons (Fsp3) is 0.273. The molecule has 0 fully saturated rings. The van der Waals surface area contributed by atoms with Crippen LogP contribution in [0.5, 0.6) is 11.5 Å². The van der Waals surface area contributed by atoms with Crippen molar-refractivity contribution < 1.29 is 23.9 Å². The molecule has 2 N–H and O–H groups in total. The lowest BCUT2D eigenvalue weighted by Gasteiger charge is -2.19. The van der Waals surface area contributed by atoms with Gasteiger partial charge in [0.2, 0.25) is 5.78 Å². The van der Waals surface area contributed by atoms with Crippen molar-refractivity contribution in [1.29, 1.82) is 0 Å². The van der Waals surface area contributed by atoms with E-state index >= 15 is 0 Å². The van der Waals surface area contributed by atoms with Crippen molar-refractivity contribution in [2.75, 3.05) is 19.8 Å². The molecule has 1 aromatic heterocycles. The Labute approximate surface area is 245 Å². The number of benzene rings is 2. The number of carbonyl (C=O) groups excluding carboxylic acids is 3. The van der Waals surface area contributed by atoms with Crippen LogP contribution in [0.1, 0.15) is 32.3 Å². The summed E-state index contributed by atoms with van der Waals surface area (Å²) in [6.45, 7) is 9.04. The van der Waals surface area contributed by atoms with Crippen LogP contribution >= 0.6 is 0 Å². The standard InChI is InChI=1S/C33H36N4O5/c1-4-6-12-28-23(3)37-18-17-29(36-37)25-10-9-11-27(22-25)42-20-8-7-19-41-26-15-13-24(14-16-26)21-30(35-32(28)39)31(38)33(40)34-5-2/h4,6,9-18,22,30H,3,5,7-8,19-21H2,1-2H3,(H,34,40)(H,35,39)/b6-4-,28-12+. The van der Waals surface area contributed by atoms with E-state index in [1.54, 1.807) is 31.3 Å². The van der Waals surface area contributed by atoms with E-state index in [0.717, 1.165) is 29.7 Å². The van der Waals surface area contributed by atoms with Gasteiger partial charge in [-0.1, -0.05) is 43.0 Å². The number of allylic oxidation sites excluding steroid dienone is 3. The summed E-state index contributed by atoms with van der Waals surface area (Å²) in [4.78, 5) is 39.3. The lowest BCUT2D eigenvalue weighted by atomic mass is 10.0. The minimum absolute atomic E-state index is 0.116. The number of amides is 2. The number of hydrogen-bond acceptors (Lipinski definition) is 6. The van der Waals surface area contributed by atoms with Crippen LogP contribution in [-0.2, 0) is 20.8 Å². The van der Waals surface area contributed by atoms with Gasteiger partial charge in [-0.3, -0.25) is 14.4 Å². The van der Waals surface area contributed by atoms with Gasteiger partial charge in [-0.15, -0.1) is 0 Å². The van der Waals surface area contributed by atoms with Crippen LogP contribution in [0.3, 0.4) is 0 Å². The van der Waals surface area contributed by atoms with Crippen molar-refractivity contribution in [1.82, 2.24) is 20.4 Å². The molecule has 2 aromatic carbocycles. The molecule has 0 radical (unpaired) electrons. The zero-order valence-corrected chi connectivity index (χ0v) is 24.0. The van der Waals surface area contributed by atoms with Crippen molar-refractivity contribution >= 4 is 23.3 Å². The second kappa shape index (κ2) is 14.6. The maximum absolute atomic E-state index is 13.7. The Bertz CT molecular complexity index is 1490. The molecule has 0 saturated heterocycles. The first kappa shape index (κ1) is 30.0. The Morgan fingerprint density at radius 2 is 1.83 bits per heavy atom. The highest BCUT2D eigenvalue weighted by molar-refractivity contribution is 6.38. The van der Waals surface area contributed by atoms with E-state index in [0.29, 0.717) is 30.4 Å². The molecule has 42 heavy (non-hydrogen) atoms. The summed E-state index contributed by atoms with van der Waals surface area (Å²) in [7, 11) is 0. The minimum Gasteiger partial charge on any atom is -0.494 e. The maximum Gasteiger partial charge on any atom is 0.289 e. The van der Waals surface area contributed by atoms with E-state index in [1.807, 2.05) is 61.5 Å². The predicted octanol–water partition coefficient (Wildman–Crippen LogP) is 4.51. The number of Topliss-reactive ketones (excluding diaryl/α,β-unsaturated/α-hetero) is 1. The molecule has 218 valence electrons. The van der Waals surface area contributed by atoms with E-state index in [1.165, 1.54) is 4.68 Å². The third kappa shape index (κ3) is 7.84. The summed E-state index contributed by atoms with van der Waals surface area (Å²) >= 11 is 0. The summed E-state index contributed by atoms with van der Waals surface area (Å²) in [6.07, 6.45) is 8.55. The van der Waals surface area contributed by atoms with Crippen LogP contribution in [0, 0.1) is 0 Å². The van der Waals surface area contributed by atoms with Crippen molar-refractivity contribution in [3.63, 3.8) is 0 Å². The number of rotatable bonds is 4. The monoisotopic (exact) mass is 568 g/mol. The Kier molecular flexibility index (Phi) is 10.5. The first-order chi connectivity index (χ1) is 20.4. The van der Waals surface area contributed by atoms with Gasteiger partial charge in [-0.25, -0.2) is 4.68 Å². The number of ketones is 1. The summed E-state index contributed by atoms with van der Waals surface area (Å²) in [6, 6.07) is 15.6. The average molecular weight is 569 g/mol. The molecule has 0 saturated carbocycles. The van der Waals surface area contributed by atoms with E-state index < -0.39 is 23.6 Å². The van der Waals surface area contributed by atoms with E-state index in [4.69, 9.17) is 9.47 Å². The summed E-state index contributed by atoms with van der Waals surface area (Å²) < 4.78 is 13.3. The summed E-state index contributed by atoms with van der Waals surface area (Å²) in [5.41, 5.74) is 2.78. The average Bonchev–Trinajstić information content (AvgIpc) is 3.49. The Balaban J connectivity index is 1.70. The highest BCUT2D eigenvalue weighted by atomic mass is 16.5. The molecule has 9 nitrogen and oxygen atoms in total. The molecule has 2 aliphatic heterocycles. The molecule has 2 aliphatic rings. The van der Waals surface area contributed by atoms with Crippen LogP contribution < -0.4 is 20.1 Å². The smallest absolute Gasteiger partial charge is 0.289 e. The van der Waals surface area contributed by atoms with Crippen molar-refractivity contribution in [3.8, 4) is 22.8 Å². The number of hydrogen-bond donors (Lipinski definition) is 2. The molecular weight excluding hydrogens is 532 g/mol. The van der Waals surface area contributed by atoms with Gasteiger partial charge in [0.25, 0.3) is 11.8 Å². The largest absolute Gasteiger partial charge is 0.494 e. The molecule has 2 amide bonds. The first-order valence-corrected chi connectivity index (χ1v) is 14.1. The number of nitrogens with one attached hydrogen (secondary N) is 2. The normalized spacial score (nSPS) is 17.5. The number of likely N-dealkylation sites (N-methyl/N-ethyl adjacent to an activating group) is 1. The molecule has 6 bridgehead atoms. The summed E-state index contributed by atoms with van der Waals surface area (Å²) in [5.74, 6) is -0.633. The molecule has 9 heteroatoms. The minimum atomic E-state index is -1.11. The lowest BCUT2D eigenvalue weighted by Crippen LogP contribution is -2.49. The van der Waals surface area contributed by atoms with Gasteiger partial charge in [0, 0.05) is 24.7 Å². The van der Waals surface area contributed by atoms with Crippen LogP contribution in [0.4, 0.5) is 0 Å². The second-order valence-corrected chi connectivity index (χ2v) is 9.73. The Morgan fingerprint density at radius 1 is 1.10 bits per heavy atom. The maximum atomic E-state index is 13.7. The van der Waals surface area contributed by atoms with Crippen LogP contribution in [-0.4, -0.2) is 53.2 Å². The SMILES string of the molecule is C=C1/C(=C\C=C/C)C(=O)NC(C(=O)C(=O)NCC)Cc2ccc(cc2)OCCCCOc2cccc(c2)-c2ccn1n2. The molecule has 0 aliphatic carbocycles. The van der Waals surface area contributed by atoms with E-state index in [9.17, 15) is 14.4 Å². The fourth-order valence-electron chi connectivity index (χ4n) is 4.39. The van der Waals surface area contributed by atoms with Gasteiger partial charge in [-0.2, -0.15) is 5.10 Å². The van der Waals surface area contributed by atoms with Crippen molar-refractivity contribution in [2.45, 2.75) is 39.2 Å². The van der Waals surface area contributed by atoms with E-state index in [-0.39, 0.29) is 18.5 Å². The zero-order chi connectivity index (χ0) is 29.9. The number of ether oxygens (including phenoxy) is 2. The molecule has 3 heterocycles. The van der Waals surface area contributed by atoms with Gasteiger partial charge in [-0.05, 0) is 68.7 Å².